The number of fused-ring (bicyclic) bond motifs is 1. The molecule has 0 unspecified atom stereocenters. The molecule has 1 heterocycles. The van der Waals surface area contributed by atoms with Crippen LogP contribution in [0.5, 0.6) is 5.75 Å². The lowest BCUT2D eigenvalue weighted by Crippen LogP contribution is -2.08. The fourth-order valence-corrected chi connectivity index (χ4v) is 1.58. The molecule has 0 spiro atoms. The van der Waals surface area contributed by atoms with E-state index in [1.165, 1.54) is 25.3 Å². The molecule has 0 bridgehead atoms. The summed E-state index contributed by atoms with van der Waals surface area (Å²) in [4.78, 5) is 3.52. The second kappa shape index (κ2) is 4.18. The molecule has 3 nitrogen and oxygen atoms in total. The molecular formula is C12H7F3N2O. The zero-order valence-electron chi connectivity index (χ0n) is 9.25. The number of rotatable bonds is 1. The second-order valence-corrected chi connectivity index (χ2v) is 3.55. The molecular weight excluding hydrogens is 245 g/mol. The van der Waals surface area contributed by atoms with Crippen LogP contribution in [0.15, 0.2) is 24.3 Å². The summed E-state index contributed by atoms with van der Waals surface area (Å²) in [5.41, 5.74) is -0.542. The van der Waals surface area contributed by atoms with Crippen molar-refractivity contribution >= 4 is 10.9 Å². The highest BCUT2D eigenvalue weighted by Crippen LogP contribution is 2.34. The van der Waals surface area contributed by atoms with Gasteiger partial charge in [-0.2, -0.15) is 18.4 Å². The van der Waals surface area contributed by atoms with Crippen LogP contribution in [0, 0.1) is 11.3 Å². The Morgan fingerprint density at radius 3 is 2.56 bits per heavy atom. The number of hydrogen-bond donors (Lipinski definition) is 0. The molecule has 2 rings (SSSR count). The Bertz CT molecular complexity index is 644. The third kappa shape index (κ3) is 2.07. The molecule has 92 valence electrons. The first-order chi connectivity index (χ1) is 8.45. The topological polar surface area (TPSA) is 45.9 Å². The first kappa shape index (κ1) is 12.2. The van der Waals surface area contributed by atoms with Crippen molar-refractivity contribution in [2.45, 2.75) is 6.18 Å². The van der Waals surface area contributed by atoms with Crippen molar-refractivity contribution in [3.8, 4) is 11.8 Å². The van der Waals surface area contributed by atoms with Crippen molar-refractivity contribution in [2.24, 2.45) is 0 Å². The Hall–Kier alpha value is -2.29. The minimum absolute atomic E-state index is 0.0458. The molecule has 0 N–H and O–H groups in total. The zero-order chi connectivity index (χ0) is 13.3. The van der Waals surface area contributed by atoms with E-state index in [2.05, 4.69) is 4.98 Å². The van der Waals surface area contributed by atoms with Gasteiger partial charge >= 0.3 is 6.18 Å². The molecule has 0 aliphatic heterocycles. The van der Waals surface area contributed by atoms with Gasteiger partial charge in [0.05, 0.1) is 24.3 Å². The molecule has 0 saturated heterocycles. The van der Waals surface area contributed by atoms with Gasteiger partial charge in [0.2, 0.25) is 0 Å². The van der Waals surface area contributed by atoms with Crippen LogP contribution < -0.4 is 4.74 Å². The standard InChI is InChI=1S/C12H7F3N2O/c1-18-10-5-11(12(13,14)15)17-9-3-2-7(6-16)4-8(9)10/h2-5H,1H3. The molecule has 18 heavy (non-hydrogen) atoms. The van der Waals surface area contributed by atoms with E-state index < -0.39 is 11.9 Å². The van der Waals surface area contributed by atoms with Crippen molar-refractivity contribution in [1.29, 1.82) is 5.26 Å². The number of methoxy groups -OCH3 is 1. The average Bonchev–Trinajstić information content (AvgIpc) is 2.35. The predicted octanol–water partition coefficient (Wildman–Crippen LogP) is 3.13. The molecule has 0 aliphatic carbocycles. The van der Waals surface area contributed by atoms with Gasteiger partial charge < -0.3 is 4.74 Å². The Kier molecular flexibility index (Phi) is 2.83. The van der Waals surface area contributed by atoms with E-state index in [0.29, 0.717) is 10.9 Å². The summed E-state index contributed by atoms with van der Waals surface area (Å²) >= 11 is 0. The first-order valence-electron chi connectivity index (χ1n) is 4.92. The fourth-order valence-electron chi connectivity index (χ4n) is 1.58. The van der Waals surface area contributed by atoms with Crippen molar-refractivity contribution in [1.82, 2.24) is 4.98 Å². The summed E-state index contributed by atoms with van der Waals surface area (Å²) in [5.74, 6) is 0.0458. The highest BCUT2D eigenvalue weighted by atomic mass is 19.4. The molecule has 0 radical (unpaired) electrons. The van der Waals surface area contributed by atoms with E-state index in [1.54, 1.807) is 0 Å². The fraction of sp³-hybridized carbons (Fsp3) is 0.167. The Labute approximate surface area is 100 Å². The van der Waals surface area contributed by atoms with Crippen LogP contribution in [0.4, 0.5) is 13.2 Å². The van der Waals surface area contributed by atoms with Crippen molar-refractivity contribution < 1.29 is 17.9 Å². The first-order valence-corrected chi connectivity index (χ1v) is 4.92. The van der Waals surface area contributed by atoms with Crippen LogP contribution in [-0.2, 0) is 6.18 Å². The summed E-state index contributed by atoms with van der Waals surface area (Å²) in [6.07, 6.45) is -4.53. The van der Waals surface area contributed by atoms with Gasteiger partial charge in [-0.15, -0.1) is 0 Å². The summed E-state index contributed by atoms with van der Waals surface area (Å²) in [5, 5.41) is 9.13. The molecule has 0 amide bonds. The number of nitrogens with zero attached hydrogens (tertiary/aromatic N) is 2. The molecule has 2 aromatic rings. The lowest BCUT2D eigenvalue weighted by Gasteiger charge is -2.10. The van der Waals surface area contributed by atoms with Gasteiger partial charge in [-0.1, -0.05) is 0 Å². The van der Waals surface area contributed by atoms with Crippen LogP contribution in [0.25, 0.3) is 10.9 Å². The summed E-state index contributed by atoms with van der Waals surface area (Å²) in [6, 6.07) is 6.96. The number of hydrogen-bond acceptors (Lipinski definition) is 3. The monoisotopic (exact) mass is 252 g/mol. The zero-order valence-corrected chi connectivity index (χ0v) is 9.25. The van der Waals surface area contributed by atoms with E-state index in [-0.39, 0.29) is 11.3 Å². The van der Waals surface area contributed by atoms with E-state index in [1.807, 2.05) is 6.07 Å². The predicted molar refractivity (Wildman–Crippen MR) is 58.0 cm³/mol. The minimum atomic E-state index is -4.53. The van der Waals surface area contributed by atoms with Crippen LogP contribution in [-0.4, -0.2) is 12.1 Å². The number of alkyl halides is 3. The third-order valence-corrected chi connectivity index (χ3v) is 2.41. The van der Waals surface area contributed by atoms with Gasteiger partial charge in [0.1, 0.15) is 11.4 Å². The summed E-state index contributed by atoms with van der Waals surface area (Å²) < 4.78 is 42.7. The maximum absolute atomic E-state index is 12.6. The van der Waals surface area contributed by atoms with E-state index in [4.69, 9.17) is 10.00 Å². The summed E-state index contributed by atoms with van der Waals surface area (Å²) in [7, 11) is 1.27. The van der Waals surface area contributed by atoms with Gasteiger partial charge in [0.15, 0.2) is 0 Å². The molecule has 1 aromatic carbocycles. The van der Waals surface area contributed by atoms with Crippen molar-refractivity contribution in [3.63, 3.8) is 0 Å². The SMILES string of the molecule is COc1cc(C(F)(F)F)nc2ccc(C#N)cc12. The maximum Gasteiger partial charge on any atom is 0.433 e. The van der Waals surface area contributed by atoms with E-state index in [9.17, 15) is 13.2 Å². The van der Waals surface area contributed by atoms with Crippen LogP contribution in [0.2, 0.25) is 0 Å². The van der Waals surface area contributed by atoms with Gasteiger partial charge in [-0.25, -0.2) is 4.98 Å². The van der Waals surface area contributed by atoms with Crippen molar-refractivity contribution in [2.75, 3.05) is 7.11 Å². The maximum atomic E-state index is 12.6. The third-order valence-electron chi connectivity index (χ3n) is 2.41. The summed E-state index contributed by atoms with van der Waals surface area (Å²) in [6.45, 7) is 0. The highest BCUT2D eigenvalue weighted by Gasteiger charge is 2.33. The number of halogens is 3. The quantitative estimate of drug-likeness (QED) is 0.783. The number of aromatic nitrogens is 1. The lowest BCUT2D eigenvalue weighted by molar-refractivity contribution is -0.141. The molecule has 0 saturated carbocycles. The number of nitriles is 1. The second-order valence-electron chi connectivity index (χ2n) is 3.55. The molecule has 0 aliphatic rings. The Balaban J connectivity index is 2.76. The molecule has 1 aromatic heterocycles. The smallest absolute Gasteiger partial charge is 0.433 e. The average molecular weight is 252 g/mol. The number of benzene rings is 1. The Morgan fingerprint density at radius 2 is 2.00 bits per heavy atom. The normalized spacial score (nSPS) is 11.3. The minimum Gasteiger partial charge on any atom is -0.496 e. The molecule has 0 fully saturated rings. The van der Waals surface area contributed by atoms with Gasteiger partial charge in [0.25, 0.3) is 0 Å². The molecule has 0 atom stereocenters. The lowest BCUT2D eigenvalue weighted by atomic mass is 10.1. The van der Waals surface area contributed by atoms with Gasteiger partial charge in [-0.3, -0.25) is 0 Å². The number of pyridine rings is 1. The van der Waals surface area contributed by atoms with Crippen LogP contribution in [0.3, 0.4) is 0 Å². The van der Waals surface area contributed by atoms with E-state index in [0.717, 1.165) is 6.07 Å². The van der Waals surface area contributed by atoms with Gasteiger partial charge in [-0.05, 0) is 18.2 Å². The highest BCUT2D eigenvalue weighted by molar-refractivity contribution is 5.86. The van der Waals surface area contributed by atoms with Gasteiger partial charge in [0, 0.05) is 11.5 Å². The number of ether oxygens (including phenoxy) is 1. The van der Waals surface area contributed by atoms with Crippen LogP contribution >= 0.6 is 0 Å². The molecule has 6 heteroatoms. The Morgan fingerprint density at radius 1 is 1.28 bits per heavy atom. The van der Waals surface area contributed by atoms with E-state index >= 15 is 0 Å². The largest absolute Gasteiger partial charge is 0.496 e. The van der Waals surface area contributed by atoms with Crippen LogP contribution in [0.1, 0.15) is 11.3 Å². The van der Waals surface area contributed by atoms with Crippen molar-refractivity contribution in [3.05, 3.63) is 35.5 Å².